The lowest BCUT2D eigenvalue weighted by atomic mass is 9.77. The molecule has 0 amide bonds. The summed E-state index contributed by atoms with van der Waals surface area (Å²) in [4.78, 5) is 56.8. The number of nitrogens with zero attached hydrogens (tertiary/aromatic N) is 3. The number of carboxylic acid groups (broad SMARTS) is 1. The third-order valence-electron chi connectivity index (χ3n) is 16.8. The Kier molecular flexibility index (Phi) is 20.8. The smallest absolute Gasteiger partial charge is 0.341 e. The average Bonchev–Trinajstić information content (AvgIpc) is 4.24. The van der Waals surface area contributed by atoms with Crippen LogP contribution in [0.4, 0.5) is 5.69 Å². The normalized spacial score (nSPS) is 38.2. The fourth-order valence-electron chi connectivity index (χ4n) is 12.0. The van der Waals surface area contributed by atoms with E-state index in [4.69, 9.17) is 33.2 Å². The Bertz CT molecular complexity index is 2380. The van der Waals surface area contributed by atoms with Crippen molar-refractivity contribution in [2.24, 2.45) is 17.8 Å². The van der Waals surface area contributed by atoms with Gasteiger partial charge in [-0.05, 0) is 126 Å². The van der Waals surface area contributed by atoms with E-state index < -0.39 is 113 Å². The number of carboxylic acids is 1. The number of nitrogens with one attached hydrogen (secondary N) is 2. The summed E-state index contributed by atoms with van der Waals surface area (Å²) < 4.78 is 46.7. The van der Waals surface area contributed by atoms with Crippen LogP contribution in [0.1, 0.15) is 131 Å². The number of carbonyl (C=O) groups excluding carboxylic acids is 2. The van der Waals surface area contributed by atoms with Gasteiger partial charge in [0.15, 0.2) is 18.7 Å². The van der Waals surface area contributed by atoms with Crippen LogP contribution in [0, 0.1) is 17.8 Å². The van der Waals surface area contributed by atoms with E-state index >= 15 is 0 Å². The van der Waals surface area contributed by atoms with Gasteiger partial charge >= 0.3 is 17.9 Å². The van der Waals surface area contributed by atoms with Gasteiger partial charge in [-0.2, -0.15) is 0 Å². The summed E-state index contributed by atoms with van der Waals surface area (Å²) in [6.07, 6.45) is -5.79. The third kappa shape index (κ3) is 14.6. The predicted octanol–water partition coefficient (Wildman–Crippen LogP) is 3.89. The number of likely N-dealkylation sites (N-methyl/N-ethyl adjacent to an activating group) is 2. The summed E-state index contributed by atoms with van der Waals surface area (Å²) in [5.41, 5.74) is -4.10. The average molecular weight is 1090 g/mol. The Hall–Kier alpha value is -3.84. The quantitative estimate of drug-likeness (QED) is 0.0875. The first-order valence-corrected chi connectivity index (χ1v) is 27.7. The first kappa shape index (κ1) is 62.4. The Morgan fingerprint density at radius 2 is 1.62 bits per heavy atom. The lowest BCUT2D eigenvalue weighted by Gasteiger charge is -2.49. The van der Waals surface area contributed by atoms with Gasteiger partial charge in [-0.25, -0.2) is 4.79 Å². The number of hydrogen-bond donors (Lipinski definition) is 7. The van der Waals surface area contributed by atoms with Crippen LogP contribution in [-0.2, 0) is 42.7 Å². The number of esters is 2. The minimum absolute atomic E-state index is 0.0160. The number of benzene rings is 1. The van der Waals surface area contributed by atoms with Gasteiger partial charge in [-0.1, -0.05) is 20.8 Å². The molecule has 2 aromatic rings. The predicted molar refractivity (Wildman–Crippen MR) is 287 cm³/mol. The molecule has 4 aliphatic rings. The van der Waals surface area contributed by atoms with Crippen LogP contribution in [0.5, 0.6) is 0 Å². The lowest BCUT2D eigenvalue weighted by Crippen LogP contribution is -2.61. The summed E-state index contributed by atoms with van der Waals surface area (Å²) in [6, 6.07) is 4.62. The second-order valence-electron chi connectivity index (χ2n) is 23.6. The van der Waals surface area contributed by atoms with Crippen molar-refractivity contribution < 1.29 is 73.1 Å². The molecule has 0 unspecified atom stereocenters. The summed E-state index contributed by atoms with van der Waals surface area (Å²) in [7, 11) is 7.07. The van der Waals surface area contributed by atoms with Crippen molar-refractivity contribution >= 4 is 34.5 Å². The van der Waals surface area contributed by atoms with E-state index in [1.807, 2.05) is 61.5 Å². The summed E-state index contributed by atoms with van der Waals surface area (Å²) in [5.74, 6) is -4.64. The molecule has 6 rings (SSSR count). The molecule has 1 aromatic heterocycles. The number of aromatic carboxylic acids is 1. The number of aliphatic hydroxyl groups is 4. The largest absolute Gasteiger partial charge is 0.477 e. The molecule has 21 nitrogen and oxygen atoms in total. The molecule has 1 aliphatic carbocycles. The van der Waals surface area contributed by atoms with Gasteiger partial charge in [0.25, 0.3) is 0 Å². The number of anilines is 1. The number of rotatable bonds is 17. The SMILES string of the molecule is CC[C@H]1OC(=O)[C@H](C)[C@@H](O[C@H]2C[C@@](C)(OC)[C@@H](OC(=O)CCNCCNc3ccc4c(c3)c(=O)c(C(=O)O)cn4C3CC3)[C@H](C)O2)[C@H](C)[C@@H](O[C@@H]2O[C@H](C)C[C@H](N(C)C)[C@H]2O)[C@](C)(O)C[C@@H](C)CN(C)[C@H](C)[C@@H](O)[C@]1(C)O. The monoisotopic (exact) mass is 1090 g/mol. The summed E-state index contributed by atoms with van der Waals surface area (Å²) in [6.45, 7) is 19.1. The fraction of sp³-hybridized carbons (Fsp3) is 0.786. The molecule has 4 heterocycles. The number of aliphatic hydroxyl groups excluding tert-OH is 2. The second kappa shape index (κ2) is 25.7. The van der Waals surface area contributed by atoms with Gasteiger partial charge in [0, 0.05) is 81.0 Å². The zero-order valence-electron chi connectivity index (χ0n) is 47.9. The Morgan fingerprint density at radius 1 is 0.935 bits per heavy atom. The number of methoxy groups -OCH3 is 1. The third-order valence-corrected chi connectivity index (χ3v) is 16.8. The molecule has 1 saturated carbocycles. The molecule has 436 valence electrons. The molecular weight excluding hydrogens is 999 g/mol. The van der Waals surface area contributed by atoms with Gasteiger partial charge in [0.2, 0.25) is 5.43 Å². The second-order valence-corrected chi connectivity index (χ2v) is 23.6. The van der Waals surface area contributed by atoms with E-state index in [1.54, 1.807) is 54.5 Å². The maximum absolute atomic E-state index is 14.6. The van der Waals surface area contributed by atoms with Gasteiger partial charge < -0.3 is 83.7 Å². The Morgan fingerprint density at radius 3 is 2.25 bits per heavy atom. The molecule has 1 aromatic carbocycles. The first-order valence-electron chi connectivity index (χ1n) is 27.7. The fourth-order valence-corrected chi connectivity index (χ4v) is 12.0. The molecule has 77 heavy (non-hydrogen) atoms. The van der Waals surface area contributed by atoms with Crippen molar-refractivity contribution in [3.63, 3.8) is 0 Å². The van der Waals surface area contributed by atoms with Crippen molar-refractivity contribution in [2.75, 3.05) is 59.7 Å². The van der Waals surface area contributed by atoms with Crippen molar-refractivity contribution in [3.05, 3.63) is 40.2 Å². The van der Waals surface area contributed by atoms with E-state index in [2.05, 4.69) is 10.6 Å². The Labute approximate surface area is 454 Å². The summed E-state index contributed by atoms with van der Waals surface area (Å²) in [5, 5.41) is 64.6. The van der Waals surface area contributed by atoms with Crippen molar-refractivity contribution in [1.82, 2.24) is 19.7 Å². The lowest BCUT2D eigenvalue weighted by molar-refractivity contribution is -0.318. The first-order chi connectivity index (χ1) is 36.0. The number of carbonyl (C=O) groups is 3. The zero-order valence-corrected chi connectivity index (χ0v) is 47.9. The molecular formula is C56H91N5O16. The number of hydrogen-bond acceptors (Lipinski definition) is 19. The van der Waals surface area contributed by atoms with E-state index in [1.165, 1.54) is 20.2 Å². The van der Waals surface area contributed by atoms with Crippen molar-refractivity contribution in [3.8, 4) is 0 Å². The minimum atomic E-state index is -1.86. The van der Waals surface area contributed by atoms with Gasteiger partial charge in [-0.3, -0.25) is 14.4 Å². The topological polar surface area (TPSA) is 270 Å². The van der Waals surface area contributed by atoms with Gasteiger partial charge in [0.05, 0.1) is 47.9 Å². The molecule has 0 bridgehead atoms. The number of aromatic nitrogens is 1. The van der Waals surface area contributed by atoms with Crippen molar-refractivity contribution in [2.45, 2.75) is 211 Å². The molecule has 0 spiro atoms. The summed E-state index contributed by atoms with van der Waals surface area (Å²) >= 11 is 0. The van der Waals surface area contributed by atoms with E-state index in [0.29, 0.717) is 42.6 Å². The standard InChI is InChI=1S/C56H91N5O16/c1-15-42-56(10,70)48(65)34(6)60(13)28-30(2)26-54(8,69)49(77-53-46(64)41(59(11)12)24-31(3)72-53)32(4)47(33(5)52(68)74-42)76-44-27-55(9,71-14)50(35(7)73-44)75-43(62)20-21-57-22-23-58-36-16-19-40-38(25-36)45(63)39(51(66)67)29-61(40)37-17-18-37/h16,19,25,29-35,37,41-42,44,46-50,53,57-58,64-65,69-70H,15,17-18,20-24,26-28H2,1-14H3,(H,66,67)/t30-,31-,32+,33-,34-,35+,41+,42-,44+,46-,47+,48-,49-,50+,53+,54-,55-,56-/m1/s1. The number of ether oxygens (including phenoxy) is 7. The minimum Gasteiger partial charge on any atom is -0.477 e. The van der Waals surface area contributed by atoms with Gasteiger partial charge in [-0.15, -0.1) is 0 Å². The van der Waals surface area contributed by atoms with E-state index in [-0.39, 0.29) is 61.9 Å². The number of cyclic esters (lactones) is 1. The van der Waals surface area contributed by atoms with Crippen LogP contribution in [-0.4, -0.2) is 203 Å². The molecule has 0 radical (unpaired) electrons. The maximum atomic E-state index is 14.6. The number of pyridine rings is 1. The van der Waals surface area contributed by atoms with Crippen LogP contribution in [0.15, 0.2) is 29.2 Å². The molecule has 21 heteroatoms. The maximum Gasteiger partial charge on any atom is 0.341 e. The molecule has 4 fully saturated rings. The van der Waals surface area contributed by atoms with Crippen LogP contribution in [0.3, 0.4) is 0 Å². The van der Waals surface area contributed by atoms with E-state index in [0.717, 1.165) is 12.8 Å². The highest BCUT2D eigenvalue weighted by molar-refractivity contribution is 5.93. The van der Waals surface area contributed by atoms with Crippen LogP contribution in [0.25, 0.3) is 10.9 Å². The number of fused-ring (bicyclic) bond motifs is 1. The molecule has 18 atom stereocenters. The highest BCUT2D eigenvalue weighted by Gasteiger charge is 2.54. The highest BCUT2D eigenvalue weighted by Crippen LogP contribution is 2.42. The van der Waals surface area contributed by atoms with Crippen LogP contribution < -0.4 is 16.1 Å². The van der Waals surface area contributed by atoms with Crippen molar-refractivity contribution in [1.29, 1.82) is 0 Å². The Balaban J connectivity index is 1.17. The van der Waals surface area contributed by atoms with E-state index in [9.17, 15) is 44.7 Å². The zero-order chi connectivity index (χ0) is 57.1. The van der Waals surface area contributed by atoms with Crippen LogP contribution in [0.2, 0.25) is 0 Å². The molecule has 3 saturated heterocycles. The molecule has 7 N–H and O–H groups in total. The van der Waals surface area contributed by atoms with Crippen LogP contribution >= 0.6 is 0 Å². The molecule has 3 aliphatic heterocycles. The van der Waals surface area contributed by atoms with Gasteiger partial charge in [0.1, 0.15) is 35.1 Å². The highest BCUT2D eigenvalue weighted by atomic mass is 16.7.